The fourth-order valence-corrected chi connectivity index (χ4v) is 7.27. The zero-order chi connectivity index (χ0) is 40.0. The van der Waals surface area contributed by atoms with Gasteiger partial charge in [-0.25, -0.2) is 36.3 Å². The summed E-state index contributed by atoms with van der Waals surface area (Å²) in [5.41, 5.74) is 0.229. The maximum absolute atomic E-state index is 14.7. The second-order valence-corrected chi connectivity index (χ2v) is 16.3. The number of ether oxygens (including phenoxy) is 2. The van der Waals surface area contributed by atoms with Crippen molar-refractivity contribution < 1.29 is 31.5 Å². The van der Waals surface area contributed by atoms with Gasteiger partial charge >= 0.3 is 6.09 Å². The van der Waals surface area contributed by atoms with E-state index in [-0.39, 0.29) is 62.8 Å². The summed E-state index contributed by atoms with van der Waals surface area (Å²) in [4.78, 5) is 37.4. The molecule has 17 heteroatoms. The predicted octanol–water partition coefficient (Wildman–Crippen LogP) is 6.69. The molecule has 3 aromatic heterocycles. The van der Waals surface area contributed by atoms with E-state index in [9.17, 15) is 26.8 Å². The number of aryl methyl sites for hydroxylation is 2. The van der Waals surface area contributed by atoms with Crippen LogP contribution in [0.1, 0.15) is 49.5 Å². The lowest BCUT2D eigenvalue weighted by molar-refractivity contribution is 0.0500. The Hall–Kier alpha value is -5.61. The molecule has 3 aromatic carbocycles. The number of hydrogen-bond acceptors (Lipinski definition) is 9. The molecular formula is C38H38ClF2N7O6S. The number of hydrogen-bond donors (Lipinski definition) is 1. The van der Waals surface area contributed by atoms with Crippen molar-refractivity contribution in [3.63, 3.8) is 0 Å². The van der Waals surface area contributed by atoms with Crippen molar-refractivity contribution >= 4 is 55.5 Å². The summed E-state index contributed by atoms with van der Waals surface area (Å²) < 4.78 is 70.3. The summed E-state index contributed by atoms with van der Waals surface area (Å²) in [7, 11) is -0.895. The van der Waals surface area contributed by atoms with Crippen LogP contribution in [0.3, 0.4) is 0 Å². The topological polar surface area (TPSA) is 151 Å². The second kappa shape index (κ2) is 14.9. The van der Waals surface area contributed by atoms with Gasteiger partial charge in [-0.05, 0) is 87.4 Å². The van der Waals surface area contributed by atoms with E-state index in [0.29, 0.717) is 17.0 Å². The molecule has 0 fully saturated rings. The minimum absolute atomic E-state index is 0.0121. The quantitative estimate of drug-likeness (QED) is 0.160. The number of sulfonamides is 1. The Kier molecular flexibility index (Phi) is 10.6. The van der Waals surface area contributed by atoms with E-state index < -0.39 is 45.0 Å². The maximum atomic E-state index is 14.7. The van der Waals surface area contributed by atoms with Gasteiger partial charge in [0.25, 0.3) is 5.56 Å². The van der Waals surface area contributed by atoms with Gasteiger partial charge in [0.2, 0.25) is 10.0 Å². The smallest absolute Gasteiger partial charge is 0.408 e. The van der Waals surface area contributed by atoms with E-state index in [4.69, 9.17) is 26.1 Å². The SMILES string of the molecule is COc1ccc(CN(c2nn(C)c3c(-n4c([C@H](Cc5cc(F)cc(F)c5)NC(=O)OC(C)(C)C)nc5nc(C)ccc5c4=O)ccc(Cl)c23)S(C)(=O)=O)cc1. The molecule has 0 aliphatic heterocycles. The third-order valence-electron chi connectivity index (χ3n) is 8.52. The molecule has 6 rings (SSSR count). The number of halogens is 3. The number of carbonyl (C=O) groups is 1. The van der Waals surface area contributed by atoms with Crippen molar-refractivity contribution in [1.29, 1.82) is 0 Å². The molecule has 0 saturated heterocycles. The van der Waals surface area contributed by atoms with Gasteiger partial charge in [0, 0.05) is 25.2 Å². The number of nitrogens with zero attached hydrogens (tertiary/aromatic N) is 6. The Bertz CT molecular complexity index is 2610. The summed E-state index contributed by atoms with van der Waals surface area (Å²) in [5.74, 6) is -1.20. The lowest BCUT2D eigenvalue weighted by Gasteiger charge is -2.26. The fraction of sp³-hybridized carbons (Fsp3) is 0.289. The zero-order valence-electron chi connectivity index (χ0n) is 31.0. The first-order chi connectivity index (χ1) is 25.8. The number of amides is 1. The summed E-state index contributed by atoms with van der Waals surface area (Å²) >= 11 is 6.84. The van der Waals surface area contributed by atoms with Crippen molar-refractivity contribution in [2.24, 2.45) is 7.05 Å². The maximum Gasteiger partial charge on any atom is 0.408 e. The summed E-state index contributed by atoms with van der Waals surface area (Å²) in [6, 6.07) is 14.8. The highest BCUT2D eigenvalue weighted by atomic mass is 35.5. The number of aromatic nitrogens is 5. The first kappa shape index (κ1) is 39.1. The van der Waals surface area contributed by atoms with Crippen LogP contribution in [0.4, 0.5) is 19.4 Å². The van der Waals surface area contributed by atoms with Crippen LogP contribution < -0.4 is 19.9 Å². The van der Waals surface area contributed by atoms with Gasteiger partial charge in [-0.2, -0.15) is 5.10 Å². The van der Waals surface area contributed by atoms with E-state index in [1.807, 2.05) is 0 Å². The summed E-state index contributed by atoms with van der Waals surface area (Å²) in [5, 5.41) is 7.81. The van der Waals surface area contributed by atoms with Gasteiger partial charge in [0.05, 0.1) is 53.0 Å². The number of carbonyl (C=O) groups excluding carboxylic acids is 1. The van der Waals surface area contributed by atoms with Gasteiger partial charge in [-0.1, -0.05) is 23.7 Å². The molecule has 55 heavy (non-hydrogen) atoms. The standard InChI is InChI=1S/C38H38ClF2N7O6S/c1-21-8-13-27-33(42-21)44-34(29(43-37(50)54-38(2,3)4)18-23-16-24(40)19-25(41)17-23)48(36(27)49)30-15-14-28(39)31-32(30)46(5)45-35(31)47(55(7,51)52)20-22-9-11-26(53-6)12-10-22/h8-17,19,29H,18,20H2,1-7H3,(H,43,50)/t29-/m0/s1. The molecule has 0 saturated carbocycles. The van der Waals surface area contributed by atoms with E-state index >= 15 is 0 Å². The molecule has 1 atom stereocenters. The lowest BCUT2D eigenvalue weighted by atomic mass is 10.0. The van der Waals surface area contributed by atoms with Crippen LogP contribution >= 0.6 is 11.6 Å². The zero-order valence-corrected chi connectivity index (χ0v) is 32.6. The van der Waals surface area contributed by atoms with Crippen LogP contribution in [0, 0.1) is 18.6 Å². The van der Waals surface area contributed by atoms with Crippen LogP contribution in [-0.2, 0) is 34.8 Å². The first-order valence-electron chi connectivity index (χ1n) is 16.9. The number of nitrogens with one attached hydrogen (secondary N) is 1. The molecule has 288 valence electrons. The highest BCUT2D eigenvalue weighted by molar-refractivity contribution is 7.92. The van der Waals surface area contributed by atoms with Gasteiger partial charge < -0.3 is 14.8 Å². The number of benzene rings is 3. The van der Waals surface area contributed by atoms with Gasteiger partial charge in [-0.15, -0.1) is 0 Å². The van der Waals surface area contributed by atoms with E-state index in [1.54, 1.807) is 71.1 Å². The Morgan fingerprint density at radius 1 is 1.00 bits per heavy atom. The Balaban J connectivity index is 1.63. The molecular weight excluding hydrogens is 756 g/mol. The largest absolute Gasteiger partial charge is 0.497 e. The van der Waals surface area contributed by atoms with Crippen molar-refractivity contribution in [3.05, 3.63) is 116 Å². The molecule has 1 amide bonds. The van der Waals surface area contributed by atoms with E-state index in [2.05, 4.69) is 15.4 Å². The Labute approximate surface area is 320 Å². The van der Waals surface area contributed by atoms with Crippen LogP contribution in [0.15, 0.2) is 71.5 Å². The lowest BCUT2D eigenvalue weighted by Crippen LogP contribution is -2.39. The van der Waals surface area contributed by atoms with Crippen LogP contribution in [0.5, 0.6) is 5.75 Å². The molecule has 0 aliphatic carbocycles. The fourth-order valence-electron chi connectivity index (χ4n) is 6.20. The third kappa shape index (κ3) is 8.39. The van der Waals surface area contributed by atoms with Crippen molar-refractivity contribution in [1.82, 2.24) is 29.6 Å². The van der Waals surface area contributed by atoms with Gasteiger partial charge in [-0.3, -0.25) is 14.0 Å². The number of pyridine rings is 1. The highest BCUT2D eigenvalue weighted by Gasteiger charge is 2.31. The van der Waals surface area contributed by atoms with Crippen LogP contribution in [0.2, 0.25) is 5.02 Å². The Morgan fingerprint density at radius 2 is 1.67 bits per heavy atom. The molecule has 0 unspecified atom stereocenters. The van der Waals surface area contributed by atoms with E-state index in [1.165, 1.54) is 28.5 Å². The molecule has 1 N–H and O–H groups in total. The highest BCUT2D eigenvalue weighted by Crippen LogP contribution is 2.38. The summed E-state index contributed by atoms with van der Waals surface area (Å²) in [6.07, 6.45) is -0.0878. The second-order valence-electron chi connectivity index (χ2n) is 14.0. The molecule has 13 nitrogen and oxygen atoms in total. The molecule has 0 aliphatic rings. The number of anilines is 1. The van der Waals surface area contributed by atoms with Crippen molar-refractivity contribution in [2.45, 2.75) is 52.3 Å². The normalized spacial score (nSPS) is 12.5. The minimum atomic E-state index is -3.98. The molecule has 0 bridgehead atoms. The number of fused-ring (bicyclic) bond motifs is 2. The minimum Gasteiger partial charge on any atom is -0.497 e. The predicted molar refractivity (Wildman–Crippen MR) is 205 cm³/mol. The van der Waals surface area contributed by atoms with Crippen LogP contribution in [-0.4, -0.2) is 57.8 Å². The monoisotopic (exact) mass is 793 g/mol. The van der Waals surface area contributed by atoms with Crippen molar-refractivity contribution in [2.75, 3.05) is 17.7 Å². The average Bonchev–Trinajstić information content (AvgIpc) is 3.43. The number of alkyl carbamates (subject to hydrolysis) is 1. The van der Waals surface area contributed by atoms with Crippen molar-refractivity contribution in [3.8, 4) is 11.4 Å². The van der Waals surface area contributed by atoms with E-state index in [0.717, 1.165) is 28.8 Å². The Morgan fingerprint density at radius 3 is 2.29 bits per heavy atom. The molecule has 0 spiro atoms. The molecule has 0 radical (unpaired) electrons. The number of rotatable bonds is 10. The van der Waals surface area contributed by atoms with Gasteiger partial charge in [0.15, 0.2) is 11.5 Å². The number of methoxy groups -OCH3 is 1. The third-order valence-corrected chi connectivity index (χ3v) is 9.94. The average molecular weight is 794 g/mol. The van der Waals surface area contributed by atoms with Crippen LogP contribution in [0.25, 0.3) is 27.6 Å². The first-order valence-corrected chi connectivity index (χ1v) is 19.2. The van der Waals surface area contributed by atoms with Gasteiger partial charge in [0.1, 0.15) is 28.8 Å². The summed E-state index contributed by atoms with van der Waals surface area (Å²) in [6.45, 7) is 6.60. The molecule has 3 heterocycles. The molecule has 6 aromatic rings.